The third-order valence-corrected chi connectivity index (χ3v) is 5.21. The lowest BCUT2D eigenvalue weighted by atomic mass is 9.96. The van der Waals surface area contributed by atoms with Crippen molar-refractivity contribution < 1.29 is 14.3 Å². The number of nitrogens with one attached hydrogen (secondary N) is 3. The number of thiocarbonyl (C=S) groups is 1. The number of amides is 1. The Morgan fingerprint density at radius 2 is 1.57 bits per heavy atom. The van der Waals surface area contributed by atoms with E-state index in [1.54, 1.807) is 12.1 Å². The maximum atomic E-state index is 12.3. The smallest absolute Gasteiger partial charge is 0.269 e. The average Bonchev–Trinajstić information content (AvgIpc) is 2.78. The van der Waals surface area contributed by atoms with Crippen molar-refractivity contribution in [2.75, 3.05) is 6.61 Å². The van der Waals surface area contributed by atoms with E-state index >= 15 is 0 Å². The van der Waals surface area contributed by atoms with E-state index < -0.39 is 0 Å². The number of hydrogen-bond acceptors (Lipinski definition) is 4. The zero-order valence-corrected chi connectivity index (χ0v) is 18.1. The van der Waals surface area contributed by atoms with Gasteiger partial charge in [-0.05, 0) is 73.9 Å². The van der Waals surface area contributed by atoms with Gasteiger partial charge >= 0.3 is 0 Å². The molecule has 2 aromatic rings. The van der Waals surface area contributed by atoms with Crippen molar-refractivity contribution in [1.29, 1.82) is 0 Å². The van der Waals surface area contributed by atoms with E-state index in [0.717, 1.165) is 29.9 Å². The number of carbonyl (C=O) groups is 1. The Labute approximate surface area is 183 Å². The molecule has 0 bridgehead atoms. The molecule has 3 N–H and O–H groups in total. The number of carbonyl (C=O) groups excluding carboxylic acids is 1. The highest BCUT2D eigenvalue weighted by Gasteiger charge is 2.14. The lowest BCUT2D eigenvalue weighted by Crippen LogP contribution is -2.50. The highest BCUT2D eigenvalue weighted by Crippen LogP contribution is 2.19. The molecule has 0 aromatic heterocycles. The van der Waals surface area contributed by atoms with Crippen LogP contribution >= 0.6 is 12.2 Å². The molecule has 0 heterocycles. The fourth-order valence-electron chi connectivity index (χ4n) is 3.37. The predicted molar refractivity (Wildman–Crippen MR) is 122 cm³/mol. The summed E-state index contributed by atoms with van der Waals surface area (Å²) in [5, 5.41) is 3.71. The minimum atomic E-state index is -0.234. The van der Waals surface area contributed by atoms with Crippen molar-refractivity contribution in [2.45, 2.75) is 51.7 Å². The lowest BCUT2D eigenvalue weighted by molar-refractivity contribution is 0.0943. The van der Waals surface area contributed by atoms with Gasteiger partial charge in [-0.1, -0.05) is 31.4 Å². The molecule has 1 saturated carbocycles. The van der Waals surface area contributed by atoms with Crippen molar-refractivity contribution in [2.24, 2.45) is 0 Å². The Balaban J connectivity index is 1.41. The second-order valence-electron chi connectivity index (χ2n) is 7.28. The fourth-order valence-corrected chi connectivity index (χ4v) is 3.59. The second kappa shape index (κ2) is 11.4. The first-order valence-corrected chi connectivity index (χ1v) is 10.9. The molecule has 30 heavy (non-hydrogen) atoms. The molecule has 1 aliphatic rings. The summed E-state index contributed by atoms with van der Waals surface area (Å²) in [4.78, 5) is 12.3. The molecule has 6 nitrogen and oxygen atoms in total. The topological polar surface area (TPSA) is 71.6 Å². The molecule has 1 amide bonds. The SMILES string of the molecule is CCOc1ccc(OCc2ccc(C(=O)NNC(=S)NC3CCCCC3)cc2)cc1. The first-order chi connectivity index (χ1) is 14.6. The molecular weight excluding hydrogens is 398 g/mol. The van der Waals surface area contributed by atoms with Gasteiger partial charge in [0.15, 0.2) is 5.11 Å². The van der Waals surface area contributed by atoms with Crippen LogP contribution in [0.4, 0.5) is 0 Å². The summed E-state index contributed by atoms with van der Waals surface area (Å²) in [6.07, 6.45) is 5.98. The van der Waals surface area contributed by atoms with Crippen LogP contribution in [-0.4, -0.2) is 23.7 Å². The molecule has 0 spiro atoms. The molecule has 1 fully saturated rings. The molecule has 0 saturated heterocycles. The number of hydrogen-bond donors (Lipinski definition) is 3. The number of benzene rings is 2. The summed E-state index contributed by atoms with van der Waals surface area (Å²) in [5.74, 6) is 1.35. The predicted octanol–water partition coefficient (Wildman–Crippen LogP) is 4.11. The van der Waals surface area contributed by atoms with Gasteiger partial charge < -0.3 is 14.8 Å². The molecule has 2 aromatic carbocycles. The molecule has 0 radical (unpaired) electrons. The highest BCUT2D eigenvalue weighted by molar-refractivity contribution is 7.80. The molecule has 0 unspecified atom stereocenters. The minimum Gasteiger partial charge on any atom is -0.494 e. The van der Waals surface area contributed by atoms with E-state index in [4.69, 9.17) is 21.7 Å². The largest absolute Gasteiger partial charge is 0.494 e. The van der Waals surface area contributed by atoms with Gasteiger partial charge in [0.2, 0.25) is 0 Å². The Kier molecular flexibility index (Phi) is 8.32. The maximum Gasteiger partial charge on any atom is 0.269 e. The van der Waals surface area contributed by atoms with E-state index in [-0.39, 0.29) is 5.91 Å². The van der Waals surface area contributed by atoms with Gasteiger partial charge in [0, 0.05) is 11.6 Å². The summed E-state index contributed by atoms with van der Waals surface area (Å²) in [7, 11) is 0. The van der Waals surface area contributed by atoms with Crippen LogP contribution in [0.15, 0.2) is 48.5 Å². The monoisotopic (exact) mass is 427 g/mol. The summed E-state index contributed by atoms with van der Waals surface area (Å²) in [5.41, 5.74) is 6.96. The Hall–Kier alpha value is -2.80. The van der Waals surface area contributed by atoms with E-state index in [2.05, 4.69) is 16.2 Å². The van der Waals surface area contributed by atoms with Crippen molar-refractivity contribution in [3.05, 3.63) is 59.7 Å². The van der Waals surface area contributed by atoms with Gasteiger partial charge in [-0.3, -0.25) is 15.6 Å². The normalized spacial score (nSPS) is 13.9. The Morgan fingerprint density at radius 1 is 0.933 bits per heavy atom. The van der Waals surface area contributed by atoms with Gasteiger partial charge in [0.25, 0.3) is 5.91 Å². The van der Waals surface area contributed by atoms with Crippen LogP contribution in [0, 0.1) is 0 Å². The summed E-state index contributed by atoms with van der Waals surface area (Å²) >= 11 is 5.27. The fraction of sp³-hybridized carbons (Fsp3) is 0.391. The quantitative estimate of drug-likeness (QED) is 0.456. The zero-order valence-electron chi connectivity index (χ0n) is 17.3. The number of ether oxygens (including phenoxy) is 2. The number of hydrazine groups is 1. The third kappa shape index (κ3) is 6.91. The van der Waals surface area contributed by atoms with E-state index in [1.165, 1.54) is 19.3 Å². The van der Waals surface area contributed by atoms with Gasteiger partial charge in [-0.15, -0.1) is 0 Å². The molecule has 1 aliphatic carbocycles. The third-order valence-electron chi connectivity index (χ3n) is 4.99. The minimum absolute atomic E-state index is 0.234. The van der Waals surface area contributed by atoms with Gasteiger partial charge in [0.05, 0.1) is 6.61 Å². The van der Waals surface area contributed by atoms with Gasteiger partial charge in [-0.25, -0.2) is 0 Å². The van der Waals surface area contributed by atoms with Crippen LogP contribution in [0.25, 0.3) is 0 Å². The van der Waals surface area contributed by atoms with Gasteiger partial charge in [0.1, 0.15) is 18.1 Å². The molecular formula is C23H29N3O3S. The lowest BCUT2D eigenvalue weighted by Gasteiger charge is -2.24. The van der Waals surface area contributed by atoms with Crippen molar-refractivity contribution in [3.63, 3.8) is 0 Å². The Bertz CT molecular complexity index is 819. The molecule has 7 heteroatoms. The molecule has 3 rings (SSSR count). The first kappa shape index (κ1) is 21.9. The van der Waals surface area contributed by atoms with Crippen LogP contribution < -0.4 is 25.6 Å². The van der Waals surface area contributed by atoms with Crippen LogP contribution in [0.3, 0.4) is 0 Å². The Morgan fingerprint density at radius 3 is 2.20 bits per heavy atom. The van der Waals surface area contributed by atoms with E-state index in [1.807, 2.05) is 43.3 Å². The zero-order chi connectivity index (χ0) is 21.2. The van der Waals surface area contributed by atoms with E-state index in [0.29, 0.717) is 29.9 Å². The van der Waals surface area contributed by atoms with Crippen LogP contribution in [0.2, 0.25) is 0 Å². The van der Waals surface area contributed by atoms with Crippen LogP contribution in [-0.2, 0) is 6.61 Å². The summed E-state index contributed by atoms with van der Waals surface area (Å²) in [6.45, 7) is 3.01. The molecule has 160 valence electrons. The summed E-state index contributed by atoms with van der Waals surface area (Å²) in [6, 6.07) is 15.2. The average molecular weight is 428 g/mol. The molecule has 0 atom stereocenters. The maximum absolute atomic E-state index is 12.3. The van der Waals surface area contributed by atoms with Crippen molar-refractivity contribution in [3.8, 4) is 11.5 Å². The molecule has 0 aliphatic heterocycles. The van der Waals surface area contributed by atoms with Crippen molar-refractivity contribution in [1.82, 2.24) is 16.2 Å². The van der Waals surface area contributed by atoms with Gasteiger partial charge in [-0.2, -0.15) is 0 Å². The standard InChI is InChI=1S/C23H29N3O3S/c1-2-28-20-12-14-21(15-13-20)29-16-17-8-10-18(11-9-17)22(27)25-26-23(30)24-19-6-4-3-5-7-19/h8-15,19H,2-7,16H2,1H3,(H,25,27)(H2,24,26,30). The van der Waals surface area contributed by atoms with Crippen molar-refractivity contribution >= 4 is 23.2 Å². The van der Waals surface area contributed by atoms with Crippen LogP contribution in [0.5, 0.6) is 11.5 Å². The summed E-state index contributed by atoms with van der Waals surface area (Å²) < 4.78 is 11.2. The van der Waals surface area contributed by atoms with Crippen LogP contribution in [0.1, 0.15) is 54.9 Å². The number of rotatable bonds is 7. The highest BCUT2D eigenvalue weighted by atomic mass is 32.1. The first-order valence-electron chi connectivity index (χ1n) is 10.5. The van der Waals surface area contributed by atoms with E-state index in [9.17, 15) is 4.79 Å². The second-order valence-corrected chi connectivity index (χ2v) is 7.69.